The fourth-order valence-corrected chi connectivity index (χ4v) is 1.29. The van der Waals surface area contributed by atoms with Crippen molar-refractivity contribution in [3.8, 4) is 11.8 Å². The third-order valence-electron chi connectivity index (χ3n) is 1.94. The van der Waals surface area contributed by atoms with E-state index < -0.39 is 0 Å². The predicted molar refractivity (Wildman–Crippen MR) is 65.6 cm³/mol. The van der Waals surface area contributed by atoms with Gasteiger partial charge >= 0.3 is 0 Å². The lowest BCUT2D eigenvalue weighted by Gasteiger charge is -1.93. The van der Waals surface area contributed by atoms with E-state index in [1.807, 2.05) is 6.08 Å². The van der Waals surface area contributed by atoms with Crippen molar-refractivity contribution in [2.24, 2.45) is 0 Å². The molecule has 0 saturated heterocycles. The summed E-state index contributed by atoms with van der Waals surface area (Å²) in [6, 6.07) is 0. The maximum absolute atomic E-state index is 5.58. The van der Waals surface area contributed by atoms with Crippen LogP contribution in [0.2, 0.25) is 0 Å². The minimum absolute atomic E-state index is 0.797. The van der Waals surface area contributed by atoms with E-state index in [0.29, 0.717) is 0 Å². The number of unbranched alkanes of at least 4 members (excludes halogenated alkanes) is 5. The average molecular weight is 213 g/mol. The van der Waals surface area contributed by atoms with Crippen LogP contribution in [0, 0.1) is 11.8 Å². The fourth-order valence-electron chi connectivity index (χ4n) is 1.10. The highest BCUT2D eigenvalue weighted by atomic mass is 35.5. The highest BCUT2D eigenvalue weighted by Crippen LogP contribution is 2.02. The Morgan fingerprint density at radius 1 is 1.14 bits per heavy atom. The van der Waals surface area contributed by atoms with Gasteiger partial charge in [0.1, 0.15) is 0 Å². The van der Waals surface area contributed by atoms with Crippen LogP contribution >= 0.6 is 11.6 Å². The van der Waals surface area contributed by atoms with Crippen molar-refractivity contribution < 1.29 is 0 Å². The molecule has 80 valence electrons. The molecule has 0 heterocycles. The van der Waals surface area contributed by atoms with E-state index in [0.717, 1.165) is 25.1 Å². The van der Waals surface area contributed by atoms with Gasteiger partial charge in [-0.15, -0.1) is 11.6 Å². The molecule has 0 bridgehead atoms. The third kappa shape index (κ3) is 11.6. The maximum Gasteiger partial charge on any atom is 0.0223 e. The Labute approximate surface area is 93.7 Å². The van der Waals surface area contributed by atoms with Gasteiger partial charge in [-0.2, -0.15) is 0 Å². The van der Waals surface area contributed by atoms with Gasteiger partial charge in [0.25, 0.3) is 0 Å². The van der Waals surface area contributed by atoms with E-state index in [-0.39, 0.29) is 0 Å². The molecule has 0 rings (SSSR count). The number of hydrogen-bond acceptors (Lipinski definition) is 0. The van der Waals surface area contributed by atoms with Crippen molar-refractivity contribution >= 4 is 11.6 Å². The zero-order valence-electron chi connectivity index (χ0n) is 9.19. The van der Waals surface area contributed by atoms with Crippen molar-refractivity contribution in [2.75, 3.05) is 5.88 Å². The summed E-state index contributed by atoms with van der Waals surface area (Å²) in [5, 5.41) is 0. The van der Waals surface area contributed by atoms with Crippen molar-refractivity contribution in [3.63, 3.8) is 0 Å². The van der Waals surface area contributed by atoms with Crippen LogP contribution in [0.25, 0.3) is 0 Å². The molecule has 0 atom stereocenters. The second-order valence-corrected chi connectivity index (χ2v) is 3.74. The molecule has 0 spiro atoms. The van der Waals surface area contributed by atoms with Gasteiger partial charge in [0.05, 0.1) is 0 Å². The van der Waals surface area contributed by atoms with Gasteiger partial charge in [-0.25, -0.2) is 0 Å². The van der Waals surface area contributed by atoms with Crippen molar-refractivity contribution in [1.29, 1.82) is 0 Å². The van der Waals surface area contributed by atoms with Gasteiger partial charge in [0.2, 0.25) is 0 Å². The Balaban J connectivity index is 3.17. The zero-order valence-corrected chi connectivity index (χ0v) is 9.95. The minimum atomic E-state index is 0.797. The second kappa shape index (κ2) is 12.6. The van der Waals surface area contributed by atoms with Gasteiger partial charge in [-0.05, 0) is 25.3 Å². The Morgan fingerprint density at radius 2 is 1.93 bits per heavy atom. The summed E-state index contributed by atoms with van der Waals surface area (Å²) < 4.78 is 0. The standard InChI is InChI=1S/C13H21Cl/c1-2-3-4-5-6-7-8-9-10-11-12-13-14/h4-5H,2-3,8-13H2,1H3/b5-4-. The molecule has 0 aromatic rings. The lowest BCUT2D eigenvalue weighted by atomic mass is 10.1. The number of halogens is 1. The van der Waals surface area contributed by atoms with Crippen LogP contribution in [0.4, 0.5) is 0 Å². The molecule has 0 aliphatic rings. The molecule has 0 aromatic carbocycles. The molecule has 0 nitrogen and oxygen atoms in total. The summed E-state index contributed by atoms with van der Waals surface area (Å²) in [5.74, 6) is 7.00. The van der Waals surface area contributed by atoms with E-state index in [4.69, 9.17) is 11.6 Å². The van der Waals surface area contributed by atoms with Gasteiger partial charge in [0, 0.05) is 12.3 Å². The van der Waals surface area contributed by atoms with E-state index in [1.165, 1.54) is 25.7 Å². The molecule has 0 aliphatic heterocycles. The average Bonchev–Trinajstić information content (AvgIpc) is 2.21. The van der Waals surface area contributed by atoms with Crippen LogP contribution in [0.5, 0.6) is 0 Å². The molecular formula is C13H21Cl. The molecule has 0 fully saturated rings. The molecular weight excluding hydrogens is 192 g/mol. The van der Waals surface area contributed by atoms with Crippen LogP contribution in [0.1, 0.15) is 51.9 Å². The highest BCUT2D eigenvalue weighted by molar-refractivity contribution is 6.17. The molecule has 0 aliphatic carbocycles. The largest absolute Gasteiger partial charge is 0.127 e. The van der Waals surface area contributed by atoms with Crippen LogP contribution in [0.15, 0.2) is 12.2 Å². The minimum Gasteiger partial charge on any atom is -0.127 e. The topological polar surface area (TPSA) is 0 Å². The van der Waals surface area contributed by atoms with Gasteiger partial charge in [-0.1, -0.05) is 44.1 Å². The first-order valence-corrected chi connectivity index (χ1v) is 6.14. The van der Waals surface area contributed by atoms with Gasteiger partial charge < -0.3 is 0 Å². The third-order valence-corrected chi connectivity index (χ3v) is 2.21. The van der Waals surface area contributed by atoms with E-state index >= 15 is 0 Å². The first-order chi connectivity index (χ1) is 6.91. The number of alkyl halides is 1. The number of rotatable bonds is 7. The van der Waals surface area contributed by atoms with E-state index in [9.17, 15) is 0 Å². The monoisotopic (exact) mass is 212 g/mol. The molecule has 0 N–H and O–H groups in total. The lowest BCUT2D eigenvalue weighted by Crippen LogP contribution is -1.77. The van der Waals surface area contributed by atoms with Gasteiger partial charge in [0.15, 0.2) is 0 Å². The molecule has 0 radical (unpaired) electrons. The van der Waals surface area contributed by atoms with E-state index in [2.05, 4.69) is 24.8 Å². The summed E-state index contributed by atoms with van der Waals surface area (Å²) >= 11 is 5.58. The van der Waals surface area contributed by atoms with Crippen molar-refractivity contribution in [2.45, 2.75) is 51.9 Å². The second-order valence-electron chi connectivity index (χ2n) is 3.37. The van der Waals surface area contributed by atoms with Gasteiger partial charge in [-0.3, -0.25) is 0 Å². The van der Waals surface area contributed by atoms with E-state index in [1.54, 1.807) is 0 Å². The Hall–Kier alpha value is -0.410. The first-order valence-electron chi connectivity index (χ1n) is 5.61. The zero-order chi connectivity index (χ0) is 10.5. The smallest absolute Gasteiger partial charge is 0.0223 e. The van der Waals surface area contributed by atoms with Crippen molar-refractivity contribution in [3.05, 3.63) is 12.2 Å². The van der Waals surface area contributed by atoms with Crippen LogP contribution in [0.3, 0.4) is 0 Å². The Kier molecular flexibility index (Phi) is 12.2. The summed E-state index contributed by atoms with van der Waals surface area (Å²) in [6.45, 7) is 2.18. The molecule has 0 unspecified atom stereocenters. The SMILES string of the molecule is CCC/C=C\C#CCCCCCCCl. The quantitative estimate of drug-likeness (QED) is 0.330. The molecule has 0 aromatic heterocycles. The fraction of sp³-hybridized carbons (Fsp3) is 0.692. The number of hydrogen-bond donors (Lipinski definition) is 0. The molecule has 14 heavy (non-hydrogen) atoms. The Morgan fingerprint density at radius 3 is 2.64 bits per heavy atom. The van der Waals surface area contributed by atoms with Crippen LogP contribution in [-0.4, -0.2) is 5.88 Å². The highest BCUT2D eigenvalue weighted by Gasteiger charge is 1.86. The summed E-state index contributed by atoms with van der Waals surface area (Å²) in [7, 11) is 0. The molecule has 0 saturated carbocycles. The lowest BCUT2D eigenvalue weighted by molar-refractivity contribution is 0.682. The van der Waals surface area contributed by atoms with Crippen molar-refractivity contribution in [1.82, 2.24) is 0 Å². The predicted octanol–water partition coefficient (Wildman–Crippen LogP) is 4.54. The van der Waals surface area contributed by atoms with Crippen LogP contribution < -0.4 is 0 Å². The Bertz CT molecular complexity index is 183. The van der Waals surface area contributed by atoms with Crippen LogP contribution in [-0.2, 0) is 0 Å². The number of allylic oxidation sites excluding steroid dienone is 2. The normalized spacial score (nSPS) is 10.1. The molecule has 0 amide bonds. The first kappa shape index (κ1) is 13.6. The molecule has 1 heteroatoms. The summed E-state index contributed by atoms with van der Waals surface area (Å²) in [5.41, 5.74) is 0. The summed E-state index contributed by atoms with van der Waals surface area (Å²) in [4.78, 5) is 0. The maximum atomic E-state index is 5.58. The summed E-state index contributed by atoms with van der Waals surface area (Å²) in [6.07, 6.45) is 12.4.